The molecule has 22 heavy (non-hydrogen) atoms. The van der Waals surface area contributed by atoms with Gasteiger partial charge >= 0.3 is 0 Å². The highest BCUT2D eigenvalue weighted by Gasteiger charge is 2.40. The maximum Gasteiger partial charge on any atom is 0.230 e. The molecule has 1 amide bonds. The number of amides is 1. The Labute approximate surface area is 129 Å². The summed E-state index contributed by atoms with van der Waals surface area (Å²) < 4.78 is 0. The van der Waals surface area contributed by atoms with Gasteiger partial charge in [0.15, 0.2) is 0 Å². The number of carbonyl (C=O) groups is 1. The van der Waals surface area contributed by atoms with Gasteiger partial charge in [0.05, 0.1) is 12.5 Å². The molecule has 0 bridgehead atoms. The summed E-state index contributed by atoms with van der Waals surface area (Å²) in [4.78, 5) is 14.3. The maximum absolute atomic E-state index is 12.6. The Kier molecular flexibility index (Phi) is 3.86. The van der Waals surface area contributed by atoms with Gasteiger partial charge in [-0.1, -0.05) is 36.4 Å². The van der Waals surface area contributed by atoms with Crippen LogP contribution in [-0.4, -0.2) is 34.6 Å². The smallest absolute Gasteiger partial charge is 0.230 e. The number of likely N-dealkylation sites (N-methyl/N-ethyl adjacent to an activating group) is 1. The second kappa shape index (κ2) is 5.81. The van der Waals surface area contributed by atoms with Crippen LogP contribution in [0.2, 0.25) is 0 Å². The van der Waals surface area contributed by atoms with Crippen molar-refractivity contribution in [1.29, 1.82) is 0 Å². The summed E-state index contributed by atoms with van der Waals surface area (Å²) in [6.45, 7) is 0.492. The third-order valence-corrected chi connectivity index (χ3v) is 4.28. The van der Waals surface area contributed by atoms with E-state index in [2.05, 4.69) is 0 Å². The number of aromatic hydroxyl groups is 1. The molecule has 1 heterocycles. The predicted molar refractivity (Wildman–Crippen MR) is 83.6 cm³/mol. The summed E-state index contributed by atoms with van der Waals surface area (Å²) in [6.07, 6.45) is 0. The largest absolute Gasteiger partial charge is 0.508 e. The zero-order valence-corrected chi connectivity index (χ0v) is 12.4. The molecule has 114 valence electrons. The van der Waals surface area contributed by atoms with E-state index in [1.807, 2.05) is 30.3 Å². The molecule has 1 aliphatic heterocycles. The van der Waals surface area contributed by atoms with E-state index in [1.165, 1.54) is 6.07 Å². The zero-order valence-electron chi connectivity index (χ0n) is 12.4. The molecule has 2 atom stereocenters. The summed E-state index contributed by atoms with van der Waals surface area (Å²) in [5.74, 6) is -0.157. The highest BCUT2D eigenvalue weighted by molar-refractivity contribution is 5.87. The maximum atomic E-state index is 12.6. The first-order chi connectivity index (χ1) is 10.6. The minimum absolute atomic E-state index is 0.0448. The number of rotatable bonds is 3. The SMILES string of the molecule is CN1CC(c2ccccc2)C(c2cc(O)cc(CO)c2)C1=O. The number of hydrogen-bond acceptors (Lipinski definition) is 3. The Morgan fingerprint density at radius 1 is 1.14 bits per heavy atom. The van der Waals surface area contributed by atoms with Crippen molar-refractivity contribution in [2.45, 2.75) is 18.4 Å². The molecule has 2 N–H and O–H groups in total. The van der Waals surface area contributed by atoms with Gasteiger partial charge in [0, 0.05) is 19.5 Å². The minimum Gasteiger partial charge on any atom is -0.508 e. The van der Waals surface area contributed by atoms with Crippen LogP contribution in [0, 0.1) is 0 Å². The normalized spacial score (nSPS) is 21.4. The van der Waals surface area contributed by atoms with Crippen LogP contribution in [0.15, 0.2) is 48.5 Å². The van der Waals surface area contributed by atoms with Gasteiger partial charge in [0.25, 0.3) is 0 Å². The molecule has 0 spiro atoms. The minimum atomic E-state index is -0.329. The Balaban J connectivity index is 2.05. The summed E-state index contributed by atoms with van der Waals surface area (Å²) in [7, 11) is 1.80. The van der Waals surface area contributed by atoms with Crippen molar-refractivity contribution in [2.24, 2.45) is 0 Å². The number of hydrogen-bond donors (Lipinski definition) is 2. The van der Waals surface area contributed by atoms with E-state index in [0.717, 1.165) is 11.1 Å². The predicted octanol–water partition coefficient (Wildman–Crippen LogP) is 2.22. The van der Waals surface area contributed by atoms with Gasteiger partial charge in [-0.2, -0.15) is 0 Å². The van der Waals surface area contributed by atoms with Crippen LogP contribution < -0.4 is 0 Å². The van der Waals surface area contributed by atoms with Crippen LogP contribution in [0.3, 0.4) is 0 Å². The van der Waals surface area contributed by atoms with E-state index in [-0.39, 0.29) is 30.1 Å². The Morgan fingerprint density at radius 3 is 2.55 bits per heavy atom. The average Bonchev–Trinajstić information content (AvgIpc) is 2.83. The summed E-state index contributed by atoms with van der Waals surface area (Å²) in [5, 5.41) is 19.2. The van der Waals surface area contributed by atoms with Crippen molar-refractivity contribution in [1.82, 2.24) is 4.90 Å². The van der Waals surface area contributed by atoms with Crippen molar-refractivity contribution in [3.05, 3.63) is 65.2 Å². The van der Waals surface area contributed by atoms with E-state index < -0.39 is 0 Å². The quantitative estimate of drug-likeness (QED) is 0.913. The number of likely N-dealkylation sites (tertiary alicyclic amines) is 1. The van der Waals surface area contributed by atoms with Gasteiger partial charge in [-0.05, 0) is 28.8 Å². The van der Waals surface area contributed by atoms with E-state index >= 15 is 0 Å². The number of phenols is 1. The topological polar surface area (TPSA) is 60.8 Å². The van der Waals surface area contributed by atoms with Crippen LogP contribution in [0.1, 0.15) is 28.5 Å². The van der Waals surface area contributed by atoms with Crippen molar-refractivity contribution in [3.63, 3.8) is 0 Å². The molecule has 1 saturated heterocycles. The highest BCUT2D eigenvalue weighted by atomic mass is 16.3. The van der Waals surface area contributed by atoms with E-state index in [0.29, 0.717) is 12.1 Å². The first kappa shape index (κ1) is 14.6. The van der Waals surface area contributed by atoms with Crippen molar-refractivity contribution in [2.75, 3.05) is 13.6 Å². The molecule has 2 aromatic carbocycles. The molecule has 0 radical (unpaired) electrons. The number of carbonyl (C=O) groups excluding carboxylic acids is 1. The first-order valence-electron chi connectivity index (χ1n) is 7.33. The fourth-order valence-corrected chi connectivity index (χ4v) is 3.24. The standard InChI is InChI=1S/C18H19NO3/c1-19-10-16(13-5-3-2-4-6-13)17(18(19)22)14-7-12(11-20)8-15(21)9-14/h2-9,16-17,20-21H,10-11H2,1H3. The second-order valence-electron chi connectivity index (χ2n) is 5.80. The number of phenolic OH excluding ortho intramolecular Hbond substituents is 1. The van der Waals surface area contributed by atoms with Crippen LogP contribution in [0.25, 0.3) is 0 Å². The molecular weight excluding hydrogens is 278 g/mol. The molecule has 0 aromatic heterocycles. The molecule has 2 unspecified atom stereocenters. The van der Waals surface area contributed by atoms with E-state index in [1.54, 1.807) is 24.1 Å². The van der Waals surface area contributed by atoms with Gasteiger partial charge < -0.3 is 15.1 Å². The van der Waals surface area contributed by atoms with Gasteiger partial charge in [-0.15, -0.1) is 0 Å². The van der Waals surface area contributed by atoms with Gasteiger partial charge in [-0.3, -0.25) is 4.79 Å². The number of benzene rings is 2. The lowest BCUT2D eigenvalue weighted by Gasteiger charge is -2.18. The number of nitrogens with zero attached hydrogens (tertiary/aromatic N) is 1. The molecule has 2 aromatic rings. The van der Waals surface area contributed by atoms with Crippen LogP contribution >= 0.6 is 0 Å². The number of aliphatic hydroxyl groups excluding tert-OH is 1. The lowest BCUT2D eigenvalue weighted by atomic mass is 9.83. The lowest BCUT2D eigenvalue weighted by molar-refractivity contribution is -0.127. The first-order valence-corrected chi connectivity index (χ1v) is 7.33. The monoisotopic (exact) mass is 297 g/mol. The van der Waals surface area contributed by atoms with Crippen LogP contribution in [0.4, 0.5) is 0 Å². The fourth-order valence-electron chi connectivity index (χ4n) is 3.24. The molecule has 4 heteroatoms. The average molecular weight is 297 g/mol. The van der Waals surface area contributed by atoms with Crippen LogP contribution in [-0.2, 0) is 11.4 Å². The highest BCUT2D eigenvalue weighted by Crippen LogP contribution is 2.41. The summed E-state index contributed by atoms with van der Waals surface area (Å²) in [6, 6.07) is 14.9. The van der Waals surface area contributed by atoms with Crippen LogP contribution in [0.5, 0.6) is 5.75 Å². The van der Waals surface area contributed by atoms with E-state index in [9.17, 15) is 15.0 Å². The number of aliphatic hydroxyl groups is 1. The fraction of sp³-hybridized carbons (Fsp3) is 0.278. The molecule has 0 aliphatic carbocycles. The third-order valence-electron chi connectivity index (χ3n) is 4.28. The summed E-state index contributed by atoms with van der Waals surface area (Å²) in [5.41, 5.74) is 2.48. The van der Waals surface area contributed by atoms with Gasteiger partial charge in [-0.25, -0.2) is 0 Å². The third kappa shape index (κ3) is 2.57. The van der Waals surface area contributed by atoms with Gasteiger partial charge in [0.1, 0.15) is 5.75 Å². The van der Waals surface area contributed by atoms with E-state index in [4.69, 9.17) is 0 Å². The molecule has 4 nitrogen and oxygen atoms in total. The molecule has 1 fully saturated rings. The Morgan fingerprint density at radius 2 is 1.86 bits per heavy atom. The van der Waals surface area contributed by atoms with Gasteiger partial charge in [0.2, 0.25) is 5.91 Å². The lowest BCUT2D eigenvalue weighted by Crippen LogP contribution is -2.21. The molecule has 1 aliphatic rings. The molecule has 0 saturated carbocycles. The zero-order chi connectivity index (χ0) is 15.7. The van der Waals surface area contributed by atoms with Crippen molar-refractivity contribution < 1.29 is 15.0 Å². The van der Waals surface area contributed by atoms with Crippen molar-refractivity contribution >= 4 is 5.91 Å². The van der Waals surface area contributed by atoms with Crippen molar-refractivity contribution in [3.8, 4) is 5.75 Å². The Bertz CT molecular complexity index is 684. The molecule has 3 rings (SSSR count). The Hall–Kier alpha value is -2.33. The second-order valence-corrected chi connectivity index (χ2v) is 5.80. The molecular formula is C18H19NO3. The summed E-state index contributed by atoms with van der Waals surface area (Å²) >= 11 is 0.